The van der Waals surface area contributed by atoms with Crippen molar-refractivity contribution in [3.05, 3.63) is 24.3 Å². The third kappa shape index (κ3) is 4.32. The molecule has 3 amide bonds. The van der Waals surface area contributed by atoms with Crippen molar-refractivity contribution in [3.8, 4) is 5.75 Å². The van der Waals surface area contributed by atoms with Crippen LogP contribution >= 0.6 is 0 Å². The minimum atomic E-state index is -4.91. The first-order valence-corrected chi connectivity index (χ1v) is 8.46. The number of anilines is 1. The molecule has 27 heavy (non-hydrogen) atoms. The Morgan fingerprint density at radius 3 is 2.56 bits per heavy atom. The molecule has 3 rings (SSSR count). The first-order chi connectivity index (χ1) is 12.8. The Morgan fingerprint density at radius 1 is 1.22 bits per heavy atom. The van der Waals surface area contributed by atoms with Crippen LogP contribution in [0.4, 0.5) is 18.9 Å². The lowest BCUT2D eigenvalue weighted by atomic mass is 9.95. The summed E-state index contributed by atoms with van der Waals surface area (Å²) in [5, 5.41) is 5.29. The number of carbonyl (C=O) groups is 3. The number of para-hydroxylation sites is 2. The van der Waals surface area contributed by atoms with Crippen molar-refractivity contribution in [1.29, 1.82) is 0 Å². The van der Waals surface area contributed by atoms with E-state index in [2.05, 4.69) is 10.6 Å². The second kappa shape index (κ2) is 7.45. The molecule has 1 unspecified atom stereocenters. The standard InChI is InChI=1S/C17H18F3N3O4/c18-17(19,20)16(26)23-7-5-10(6-8-23)14(24)21-9-13-15(25)22-11-3-1-2-4-12(11)27-13/h1-4,10,13H,5-9H2,(H,21,24)(H,22,25). The number of halogens is 3. The quantitative estimate of drug-likeness (QED) is 0.821. The number of piperidine rings is 1. The van der Waals surface area contributed by atoms with E-state index >= 15 is 0 Å². The summed E-state index contributed by atoms with van der Waals surface area (Å²) >= 11 is 0. The predicted octanol–water partition coefficient (Wildman–Crippen LogP) is 1.30. The number of nitrogens with one attached hydrogen (secondary N) is 2. The zero-order valence-corrected chi connectivity index (χ0v) is 14.2. The third-order valence-corrected chi connectivity index (χ3v) is 4.56. The molecular weight excluding hydrogens is 367 g/mol. The highest BCUT2D eigenvalue weighted by Gasteiger charge is 2.43. The van der Waals surface area contributed by atoms with Gasteiger partial charge in [-0.25, -0.2) is 0 Å². The van der Waals surface area contributed by atoms with Crippen LogP contribution in [0.15, 0.2) is 24.3 Å². The maximum absolute atomic E-state index is 12.4. The van der Waals surface area contributed by atoms with Crippen LogP contribution in [0.25, 0.3) is 0 Å². The van der Waals surface area contributed by atoms with Gasteiger partial charge < -0.3 is 20.3 Å². The molecule has 0 aliphatic carbocycles. The fraction of sp³-hybridized carbons (Fsp3) is 0.471. The Hall–Kier alpha value is -2.78. The average molecular weight is 385 g/mol. The molecule has 1 atom stereocenters. The van der Waals surface area contributed by atoms with E-state index in [0.717, 1.165) is 0 Å². The molecular formula is C17H18F3N3O4. The second-order valence-corrected chi connectivity index (χ2v) is 6.40. The minimum absolute atomic E-state index is 0.0549. The van der Waals surface area contributed by atoms with Gasteiger partial charge in [-0.3, -0.25) is 14.4 Å². The number of hydrogen-bond donors (Lipinski definition) is 2. The van der Waals surface area contributed by atoms with E-state index in [1.807, 2.05) is 0 Å². The Labute approximate surface area is 152 Å². The van der Waals surface area contributed by atoms with Gasteiger partial charge in [-0.15, -0.1) is 0 Å². The van der Waals surface area contributed by atoms with E-state index in [4.69, 9.17) is 4.74 Å². The van der Waals surface area contributed by atoms with Gasteiger partial charge in [0.15, 0.2) is 6.10 Å². The molecule has 0 saturated carbocycles. The number of nitrogens with zero attached hydrogens (tertiary/aromatic N) is 1. The van der Waals surface area contributed by atoms with Gasteiger partial charge in [0.05, 0.1) is 12.2 Å². The monoisotopic (exact) mass is 385 g/mol. The number of likely N-dealkylation sites (tertiary alicyclic amines) is 1. The minimum Gasteiger partial charge on any atom is -0.477 e. The number of benzene rings is 1. The zero-order valence-electron chi connectivity index (χ0n) is 14.2. The van der Waals surface area contributed by atoms with E-state index in [-0.39, 0.29) is 44.3 Å². The van der Waals surface area contributed by atoms with Crippen LogP contribution < -0.4 is 15.4 Å². The summed E-state index contributed by atoms with van der Waals surface area (Å²) in [5.41, 5.74) is 0.548. The second-order valence-electron chi connectivity index (χ2n) is 6.40. The van der Waals surface area contributed by atoms with Gasteiger partial charge in [0.2, 0.25) is 5.91 Å². The molecule has 2 aliphatic rings. The highest BCUT2D eigenvalue weighted by molar-refractivity contribution is 5.98. The van der Waals surface area contributed by atoms with Gasteiger partial charge in [-0.1, -0.05) is 12.1 Å². The van der Waals surface area contributed by atoms with Crippen LogP contribution in [0.1, 0.15) is 12.8 Å². The van der Waals surface area contributed by atoms with Crippen molar-refractivity contribution in [2.45, 2.75) is 25.1 Å². The van der Waals surface area contributed by atoms with Crippen LogP contribution in [0.2, 0.25) is 0 Å². The van der Waals surface area contributed by atoms with Crippen LogP contribution in [0.3, 0.4) is 0 Å². The number of carbonyl (C=O) groups excluding carboxylic acids is 3. The lowest BCUT2D eigenvalue weighted by Crippen LogP contribution is -2.49. The van der Waals surface area contributed by atoms with Crippen LogP contribution in [0.5, 0.6) is 5.75 Å². The van der Waals surface area contributed by atoms with Crippen molar-refractivity contribution in [1.82, 2.24) is 10.2 Å². The Balaban J connectivity index is 1.48. The van der Waals surface area contributed by atoms with Gasteiger partial charge in [0, 0.05) is 19.0 Å². The van der Waals surface area contributed by atoms with Crippen molar-refractivity contribution in [2.75, 3.05) is 25.0 Å². The number of rotatable bonds is 3. The molecule has 146 valence electrons. The molecule has 1 aromatic carbocycles. The largest absolute Gasteiger partial charge is 0.477 e. The van der Waals surface area contributed by atoms with Crippen molar-refractivity contribution < 1.29 is 32.3 Å². The Morgan fingerprint density at radius 2 is 1.89 bits per heavy atom. The van der Waals surface area contributed by atoms with Crippen LogP contribution in [-0.4, -0.2) is 54.5 Å². The summed E-state index contributed by atoms with van der Waals surface area (Å²) in [6.45, 7) is -0.324. The topological polar surface area (TPSA) is 87.7 Å². The van der Waals surface area contributed by atoms with Crippen LogP contribution in [-0.2, 0) is 14.4 Å². The van der Waals surface area contributed by atoms with E-state index in [9.17, 15) is 27.6 Å². The normalized spacial score (nSPS) is 20.3. The van der Waals surface area contributed by atoms with E-state index in [1.165, 1.54) is 0 Å². The summed E-state index contributed by atoms with van der Waals surface area (Å²) < 4.78 is 42.9. The molecule has 10 heteroatoms. The molecule has 2 aliphatic heterocycles. The van der Waals surface area contributed by atoms with Gasteiger partial charge in [0.25, 0.3) is 5.91 Å². The molecule has 1 saturated heterocycles. The molecule has 2 N–H and O–H groups in total. The number of ether oxygens (including phenoxy) is 1. The first-order valence-electron chi connectivity index (χ1n) is 8.46. The summed E-state index contributed by atoms with van der Waals surface area (Å²) in [6, 6.07) is 6.89. The Bertz CT molecular complexity index is 745. The van der Waals surface area contributed by atoms with Crippen molar-refractivity contribution >= 4 is 23.4 Å². The number of alkyl halides is 3. The molecule has 0 bridgehead atoms. The summed E-state index contributed by atoms with van der Waals surface area (Å²) in [7, 11) is 0. The summed E-state index contributed by atoms with van der Waals surface area (Å²) in [6.07, 6.45) is -5.53. The van der Waals surface area contributed by atoms with Crippen molar-refractivity contribution in [2.24, 2.45) is 5.92 Å². The summed E-state index contributed by atoms with van der Waals surface area (Å²) in [5.74, 6) is -2.66. The SMILES string of the molecule is O=C(NCC1Oc2ccccc2NC1=O)C1CCN(C(=O)C(F)(F)F)CC1. The molecule has 1 aromatic rings. The van der Waals surface area contributed by atoms with Gasteiger partial charge in [-0.05, 0) is 25.0 Å². The zero-order chi connectivity index (χ0) is 19.6. The molecule has 0 radical (unpaired) electrons. The highest BCUT2D eigenvalue weighted by atomic mass is 19.4. The number of amides is 3. The molecule has 1 fully saturated rings. The number of fused-ring (bicyclic) bond motifs is 1. The van der Waals surface area contributed by atoms with E-state index < -0.39 is 24.1 Å². The number of hydrogen-bond acceptors (Lipinski definition) is 4. The maximum atomic E-state index is 12.4. The Kier molecular flexibility index (Phi) is 5.24. The van der Waals surface area contributed by atoms with E-state index in [1.54, 1.807) is 24.3 Å². The smallest absolute Gasteiger partial charge is 0.471 e. The predicted molar refractivity (Wildman–Crippen MR) is 87.9 cm³/mol. The van der Waals surface area contributed by atoms with Crippen LogP contribution in [0, 0.1) is 5.92 Å². The van der Waals surface area contributed by atoms with Crippen molar-refractivity contribution in [3.63, 3.8) is 0 Å². The highest BCUT2D eigenvalue weighted by Crippen LogP contribution is 2.28. The average Bonchev–Trinajstić information content (AvgIpc) is 2.65. The third-order valence-electron chi connectivity index (χ3n) is 4.56. The van der Waals surface area contributed by atoms with Gasteiger partial charge in [0.1, 0.15) is 5.75 Å². The fourth-order valence-electron chi connectivity index (χ4n) is 3.09. The van der Waals surface area contributed by atoms with Gasteiger partial charge in [-0.2, -0.15) is 13.2 Å². The summed E-state index contributed by atoms with van der Waals surface area (Å²) in [4.78, 5) is 36.2. The molecule has 2 heterocycles. The first kappa shape index (κ1) is 19.0. The lowest BCUT2D eigenvalue weighted by molar-refractivity contribution is -0.186. The van der Waals surface area contributed by atoms with E-state index in [0.29, 0.717) is 16.3 Å². The molecule has 0 spiro atoms. The molecule has 7 nitrogen and oxygen atoms in total. The lowest BCUT2D eigenvalue weighted by Gasteiger charge is -2.32. The maximum Gasteiger partial charge on any atom is 0.471 e. The van der Waals surface area contributed by atoms with Gasteiger partial charge >= 0.3 is 12.1 Å². The fourth-order valence-corrected chi connectivity index (χ4v) is 3.09. The molecule has 0 aromatic heterocycles.